The molecule has 1 rings (SSSR count). The summed E-state index contributed by atoms with van der Waals surface area (Å²) in [5.41, 5.74) is 5.71. The molecule has 0 heterocycles. The molecule has 3 N–H and O–H groups in total. The first-order chi connectivity index (χ1) is 8.65. The van der Waals surface area contributed by atoms with Crippen LogP contribution in [-0.2, 0) is 10.0 Å². The first-order valence-electron chi connectivity index (χ1n) is 5.91. The van der Waals surface area contributed by atoms with Crippen molar-refractivity contribution in [2.45, 2.75) is 38.1 Å². The zero-order valence-electron chi connectivity index (χ0n) is 11.1. The highest BCUT2D eigenvalue weighted by Crippen LogP contribution is 2.33. The maximum Gasteiger partial charge on any atom is 0.242 e. The molecule has 108 valence electrons. The van der Waals surface area contributed by atoms with Gasteiger partial charge in [-0.05, 0) is 31.4 Å². The predicted molar refractivity (Wildman–Crippen MR) is 80.1 cm³/mol. The maximum atomic E-state index is 12.2. The highest BCUT2D eigenvalue weighted by Gasteiger charge is 2.22. The summed E-state index contributed by atoms with van der Waals surface area (Å²) in [6, 6.07) is 2.59. The molecule has 0 amide bonds. The van der Waals surface area contributed by atoms with E-state index in [1.165, 1.54) is 12.1 Å². The first-order valence-corrected chi connectivity index (χ1v) is 8.15. The number of anilines is 1. The molecular formula is C12H18Cl2N2O2S. The lowest BCUT2D eigenvalue weighted by Crippen LogP contribution is -2.33. The van der Waals surface area contributed by atoms with Crippen LogP contribution in [-0.4, -0.2) is 14.5 Å². The summed E-state index contributed by atoms with van der Waals surface area (Å²) in [5.74, 6) is 0.392. The van der Waals surface area contributed by atoms with Gasteiger partial charge in [-0.1, -0.05) is 37.0 Å². The molecule has 1 atom stereocenters. The summed E-state index contributed by atoms with van der Waals surface area (Å²) < 4.78 is 27.0. The van der Waals surface area contributed by atoms with Gasteiger partial charge in [-0.3, -0.25) is 0 Å². The van der Waals surface area contributed by atoms with Gasteiger partial charge >= 0.3 is 0 Å². The Hall–Kier alpha value is -0.490. The molecule has 1 unspecified atom stereocenters. The third-order valence-corrected chi connectivity index (χ3v) is 5.04. The largest absolute Gasteiger partial charge is 0.396 e. The van der Waals surface area contributed by atoms with E-state index in [9.17, 15) is 8.42 Å². The van der Waals surface area contributed by atoms with E-state index in [1.807, 2.05) is 20.8 Å². The van der Waals surface area contributed by atoms with Crippen LogP contribution in [0.25, 0.3) is 0 Å². The minimum Gasteiger partial charge on any atom is -0.396 e. The van der Waals surface area contributed by atoms with E-state index in [0.717, 1.165) is 6.42 Å². The van der Waals surface area contributed by atoms with Gasteiger partial charge in [0.25, 0.3) is 0 Å². The second kappa shape index (κ2) is 6.31. The third kappa shape index (κ3) is 4.24. The van der Waals surface area contributed by atoms with Crippen molar-refractivity contribution in [2.75, 3.05) is 5.73 Å². The number of halogens is 2. The summed E-state index contributed by atoms with van der Waals surface area (Å²) in [7, 11) is -3.70. The van der Waals surface area contributed by atoms with E-state index in [4.69, 9.17) is 28.9 Å². The van der Waals surface area contributed by atoms with E-state index in [0.29, 0.717) is 5.92 Å². The fraction of sp³-hybridized carbons (Fsp3) is 0.500. The van der Waals surface area contributed by atoms with Gasteiger partial charge in [-0.25, -0.2) is 13.1 Å². The van der Waals surface area contributed by atoms with Crippen molar-refractivity contribution >= 4 is 38.9 Å². The lowest BCUT2D eigenvalue weighted by molar-refractivity contribution is 0.482. The van der Waals surface area contributed by atoms with Crippen LogP contribution in [0.4, 0.5) is 5.69 Å². The molecule has 0 radical (unpaired) electrons. The van der Waals surface area contributed by atoms with E-state index >= 15 is 0 Å². The van der Waals surface area contributed by atoms with Crippen molar-refractivity contribution in [1.82, 2.24) is 4.72 Å². The van der Waals surface area contributed by atoms with Crippen LogP contribution >= 0.6 is 23.2 Å². The topological polar surface area (TPSA) is 72.2 Å². The fourth-order valence-corrected chi connectivity index (χ4v) is 3.86. The highest BCUT2D eigenvalue weighted by atomic mass is 35.5. The molecule has 0 fully saturated rings. The van der Waals surface area contributed by atoms with Crippen LogP contribution < -0.4 is 10.5 Å². The smallest absolute Gasteiger partial charge is 0.242 e. The van der Waals surface area contributed by atoms with Gasteiger partial charge in [0.2, 0.25) is 10.0 Å². The summed E-state index contributed by atoms with van der Waals surface area (Å²) in [6.07, 6.45) is 0.736. The van der Waals surface area contributed by atoms with Crippen LogP contribution in [0.1, 0.15) is 27.2 Å². The number of benzene rings is 1. The summed E-state index contributed by atoms with van der Waals surface area (Å²) >= 11 is 11.7. The molecule has 19 heavy (non-hydrogen) atoms. The van der Waals surface area contributed by atoms with Crippen LogP contribution in [0.3, 0.4) is 0 Å². The number of nitrogen functional groups attached to an aromatic ring is 1. The number of hydrogen-bond acceptors (Lipinski definition) is 3. The van der Waals surface area contributed by atoms with Crippen molar-refractivity contribution in [1.29, 1.82) is 0 Å². The summed E-state index contributed by atoms with van der Waals surface area (Å²) in [6.45, 7) is 5.86. The van der Waals surface area contributed by atoms with Gasteiger partial charge in [0.1, 0.15) is 4.90 Å². The van der Waals surface area contributed by atoms with Crippen molar-refractivity contribution in [3.8, 4) is 0 Å². The number of nitrogens with one attached hydrogen (secondary N) is 1. The van der Waals surface area contributed by atoms with Gasteiger partial charge in [0.15, 0.2) is 0 Å². The van der Waals surface area contributed by atoms with Gasteiger partial charge in [0, 0.05) is 6.04 Å². The summed E-state index contributed by atoms with van der Waals surface area (Å²) in [4.78, 5) is -0.0494. The Morgan fingerprint density at radius 1 is 1.26 bits per heavy atom. The Kier molecular flexibility index (Phi) is 5.50. The molecule has 7 heteroatoms. The molecule has 0 aliphatic heterocycles. The third-order valence-electron chi connectivity index (χ3n) is 2.56. The van der Waals surface area contributed by atoms with Crippen molar-refractivity contribution in [2.24, 2.45) is 5.92 Å². The Bertz CT molecular complexity index is 559. The van der Waals surface area contributed by atoms with Gasteiger partial charge in [0.05, 0.1) is 15.7 Å². The molecule has 4 nitrogen and oxygen atoms in total. The molecule has 0 saturated carbocycles. The van der Waals surface area contributed by atoms with Crippen LogP contribution in [0.2, 0.25) is 10.0 Å². The van der Waals surface area contributed by atoms with E-state index in [1.54, 1.807) is 0 Å². The van der Waals surface area contributed by atoms with Gasteiger partial charge < -0.3 is 5.73 Å². The molecule has 0 bridgehead atoms. The standard InChI is InChI=1S/C12H18Cl2N2O2S/c1-7(2)6-8(3)16-19(17,18)10-5-4-9(13)12(15)11(10)14/h4-5,7-8,16H,6,15H2,1-3H3. The van der Waals surface area contributed by atoms with Gasteiger partial charge in [-0.2, -0.15) is 0 Å². The lowest BCUT2D eigenvalue weighted by Gasteiger charge is -2.17. The number of rotatable bonds is 5. The molecule has 0 aliphatic rings. The highest BCUT2D eigenvalue weighted by molar-refractivity contribution is 7.89. The summed E-state index contributed by atoms with van der Waals surface area (Å²) in [5, 5.41) is 0.191. The molecule has 0 aromatic heterocycles. The van der Waals surface area contributed by atoms with Crippen molar-refractivity contribution in [3.05, 3.63) is 22.2 Å². The molecule has 1 aromatic rings. The molecular weight excluding hydrogens is 307 g/mol. The number of nitrogens with two attached hydrogens (primary N) is 1. The van der Waals surface area contributed by atoms with Crippen LogP contribution in [0.5, 0.6) is 0 Å². The minimum absolute atomic E-state index is 0.0447. The molecule has 1 aromatic carbocycles. The van der Waals surface area contributed by atoms with Gasteiger partial charge in [-0.15, -0.1) is 0 Å². The zero-order valence-corrected chi connectivity index (χ0v) is 13.4. The normalized spacial score (nSPS) is 13.8. The van der Waals surface area contributed by atoms with E-state index in [-0.39, 0.29) is 26.7 Å². The Morgan fingerprint density at radius 3 is 2.37 bits per heavy atom. The zero-order chi connectivity index (χ0) is 14.8. The fourth-order valence-electron chi connectivity index (χ4n) is 1.84. The number of hydrogen-bond donors (Lipinski definition) is 2. The molecule has 0 saturated heterocycles. The van der Waals surface area contributed by atoms with E-state index in [2.05, 4.69) is 4.72 Å². The lowest BCUT2D eigenvalue weighted by atomic mass is 10.1. The van der Waals surface area contributed by atoms with Crippen molar-refractivity contribution in [3.63, 3.8) is 0 Å². The Labute approximate surface area is 124 Å². The van der Waals surface area contributed by atoms with Crippen LogP contribution in [0, 0.1) is 5.92 Å². The molecule has 0 spiro atoms. The average molecular weight is 325 g/mol. The molecule has 0 aliphatic carbocycles. The maximum absolute atomic E-state index is 12.2. The number of sulfonamides is 1. The van der Waals surface area contributed by atoms with Crippen LogP contribution in [0.15, 0.2) is 17.0 Å². The van der Waals surface area contributed by atoms with E-state index < -0.39 is 10.0 Å². The Balaban J connectivity index is 3.05. The second-order valence-corrected chi connectivity index (χ2v) is 7.39. The first kappa shape index (κ1) is 16.6. The average Bonchev–Trinajstić information content (AvgIpc) is 2.23. The SMILES string of the molecule is CC(C)CC(C)NS(=O)(=O)c1ccc(Cl)c(N)c1Cl. The predicted octanol–water partition coefficient (Wildman–Crippen LogP) is 3.29. The Morgan fingerprint density at radius 2 is 1.84 bits per heavy atom. The quantitative estimate of drug-likeness (QED) is 0.816. The monoisotopic (exact) mass is 324 g/mol. The second-order valence-electron chi connectivity index (χ2n) is 4.93. The van der Waals surface area contributed by atoms with Crippen molar-refractivity contribution < 1.29 is 8.42 Å². The minimum atomic E-state index is -3.70.